The average Bonchev–Trinajstić information content (AvgIpc) is 3.04. The molecule has 0 spiro atoms. The highest BCUT2D eigenvalue weighted by molar-refractivity contribution is 5.89. The van der Waals surface area contributed by atoms with Gasteiger partial charge in [0.05, 0.1) is 19.6 Å². The SMILES string of the molecule is COCCNC(=O)C1(Nc2ccn(C)n2)CCN(C(=O)CCOC)CC1. The molecule has 1 aliphatic rings. The first-order valence-corrected chi connectivity index (χ1v) is 8.82. The maximum atomic E-state index is 12.9. The molecule has 9 nitrogen and oxygen atoms in total. The van der Waals surface area contributed by atoms with Crippen molar-refractivity contribution in [3.05, 3.63) is 12.3 Å². The summed E-state index contributed by atoms with van der Waals surface area (Å²) in [4.78, 5) is 26.9. The zero-order valence-electron chi connectivity index (χ0n) is 15.8. The number of rotatable bonds is 9. The van der Waals surface area contributed by atoms with Crippen LogP contribution in [0, 0.1) is 0 Å². The van der Waals surface area contributed by atoms with E-state index in [-0.39, 0.29) is 11.8 Å². The van der Waals surface area contributed by atoms with Crippen LogP contribution in [0.1, 0.15) is 19.3 Å². The van der Waals surface area contributed by atoms with E-state index >= 15 is 0 Å². The van der Waals surface area contributed by atoms with E-state index in [1.807, 2.05) is 19.3 Å². The second-order valence-corrected chi connectivity index (χ2v) is 6.45. The topological polar surface area (TPSA) is 97.7 Å². The minimum atomic E-state index is -0.792. The number of ether oxygens (including phenoxy) is 2. The Morgan fingerprint density at radius 3 is 2.50 bits per heavy atom. The van der Waals surface area contributed by atoms with Crippen LogP contribution >= 0.6 is 0 Å². The summed E-state index contributed by atoms with van der Waals surface area (Å²) in [6, 6.07) is 1.83. The maximum absolute atomic E-state index is 12.9. The third-order valence-corrected chi connectivity index (χ3v) is 4.60. The molecule has 1 saturated heterocycles. The van der Waals surface area contributed by atoms with E-state index in [1.165, 1.54) is 0 Å². The highest BCUT2D eigenvalue weighted by atomic mass is 16.5. The molecule has 2 N–H and O–H groups in total. The lowest BCUT2D eigenvalue weighted by Gasteiger charge is -2.41. The largest absolute Gasteiger partial charge is 0.384 e. The Balaban J connectivity index is 2.05. The van der Waals surface area contributed by atoms with Gasteiger partial charge in [-0.25, -0.2) is 0 Å². The van der Waals surface area contributed by atoms with Crippen molar-refractivity contribution < 1.29 is 19.1 Å². The molecule has 1 aliphatic heterocycles. The van der Waals surface area contributed by atoms with E-state index in [4.69, 9.17) is 9.47 Å². The predicted molar refractivity (Wildman–Crippen MR) is 96.8 cm³/mol. The molecule has 0 aliphatic carbocycles. The molecule has 1 aromatic heterocycles. The fraction of sp³-hybridized carbons (Fsp3) is 0.706. The molecule has 2 rings (SSSR count). The normalized spacial score (nSPS) is 16.3. The van der Waals surface area contributed by atoms with Crippen molar-refractivity contribution in [3.63, 3.8) is 0 Å². The summed E-state index contributed by atoms with van der Waals surface area (Å²) < 4.78 is 11.7. The minimum Gasteiger partial charge on any atom is -0.384 e. The summed E-state index contributed by atoms with van der Waals surface area (Å²) in [6.07, 6.45) is 3.21. The van der Waals surface area contributed by atoms with Gasteiger partial charge in [-0.1, -0.05) is 0 Å². The van der Waals surface area contributed by atoms with Gasteiger partial charge in [0, 0.05) is 53.2 Å². The van der Waals surface area contributed by atoms with Gasteiger partial charge in [0.1, 0.15) is 11.4 Å². The Bertz CT molecular complexity index is 596. The molecule has 26 heavy (non-hydrogen) atoms. The second kappa shape index (κ2) is 9.54. The lowest BCUT2D eigenvalue weighted by molar-refractivity contribution is -0.136. The molecule has 2 amide bonds. The average molecular weight is 367 g/mol. The molecule has 0 bridgehead atoms. The summed E-state index contributed by atoms with van der Waals surface area (Å²) in [5.74, 6) is 0.607. The van der Waals surface area contributed by atoms with E-state index in [1.54, 1.807) is 23.8 Å². The van der Waals surface area contributed by atoms with Gasteiger partial charge in [0.15, 0.2) is 0 Å². The van der Waals surface area contributed by atoms with Crippen LogP contribution in [-0.4, -0.2) is 79.1 Å². The number of carbonyl (C=O) groups is 2. The summed E-state index contributed by atoms with van der Waals surface area (Å²) in [5.41, 5.74) is -0.792. The number of piperidine rings is 1. The van der Waals surface area contributed by atoms with Gasteiger partial charge in [-0.05, 0) is 12.8 Å². The van der Waals surface area contributed by atoms with Crippen LogP contribution in [0.4, 0.5) is 5.82 Å². The molecular formula is C17H29N5O4. The molecule has 0 saturated carbocycles. The van der Waals surface area contributed by atoms with Crippen LogP contribution in [0.15, 0.2) is 12.3 Å². The van der Waals surface area contributed by atoms with Gasteiger partial charge < -0.3 is 25.0 Å². The standard InChI is InChI=1S/C17H29N5O4/c1-21-9-4-14(20-21)19-17(16(24)18-8-13-26-3)6-10-22(11-7-17)15(23)5-12-25-2/h4,9H,5-8,10-13H2,1-3H3,(H,18,24)(H,19,20). The van der Waals surface area contributed by atoms with Gasteiger partial charge in [0.25, 0.3) is 0 Å². The number of methoxy groups -OCH3 is 2. The Labute approximate surface area is 154 Å². The number of aryl methyl sites for hydroxylation is 1. The van der Waals surface area contributed by atoms with Crippen LogP contribution in [0.2, 0.25) is 0 Å². The zero-order chi connectivity index (χ0) is 19.0. The molecular weight excluding hydrogens is 338 g/mol. The molecule has 9 heteroatoms. The van der Waals surface area contributed by atoms with Crippen molar-refractivity contribution in [2.45, 2.75) is 24.8 Å². The monoisotopic (exact) mass is 367 g/mol. The lowest BCUT2D eigenvalue weighted by Crippen LogP contribution is -2.59. The lowest BCUT2D eigenvalue weighted by atomic mass is 9.86. The summed E-state index contributed by atoms with van der Waals surface area (Å²) in [5, 5.41) is 10.5. The smallest absolute Gasteiger partial charge is 0.245 e. The predicted octanol–water partition coefficient (Wildman–Crippen LogP) is -0.00770. The molecule has 146 valence electrons. The van der Waals surface area contributed by atoms with Crippen LogP contribution in [0.5, 0.6) is 0 Å². The number of amides is 2. The van der Waals surface area contributed by atoms with Crippen molar-refractivity contribution in [2.75, 3.05) is 52.4 Å². The number of anilines is 1. The van der Waals surface area contributed by atoms with Crippen molar-refractivity contribution in [2.24, 2.45) is 7.05 Å². The first-order valence-electron chi connectivity index (χ1n) is 8.82. The Kier molecular flexibility index (Phi) is 7.40. The van der Waals surface area contributed by atoms with Crippen molar-refractivity contribution in [1.29, 1.82) is 0 Å². The Morgan fingerprint density at radius 2 is 1.92 bits per heavy atom. The maximum Gasteiger partial charge on any atom is 0.245 e. The molecule has 2 heterocycles. The number of likely N-dealkylation sites (tertiary alicyclic amines) is 1. The van der Waals surface area contributed by atoms with E-state index in [2.05, 4.69) is 15.7 Å². The van der Waals surface area contributed by atoms with Crippen LogP contribution in [0.25, 0.3) is 0 Å². The summed E-state index contributed by atoms with van der Waals surface area (Å²) >= 11 is 0. The van der Waals surface area contributed by atoms with Gasteiger partial charge in [-0.2, -0.15) is 5.10 Å². The number of carbonyl (C=O) groups excluding carboxylic acids is 2. The third kappa shape index (κ3) is 5.18. The van der Waals surface area contributed by atoms with Gasteiger partial charge in [-0.15, -0.1) is 0 Å². The number of nitrogens with one attached hydrogen (secondary N) is 2. The zero-order valence-corrected chi connectivity index (χ0v) is 15.8. The minimum absolute atomic E-state index is 0.0538. The fourth-order valence-corrected chi connectivity index (χ4v) is 3.06. The molecule has 1 aromatic rings. The number of aromatic nitrogens is 2. The van der Waals surface area contributed by atoms with Crippen LogP contribution < -0.4 is 10.6 Å². The summed E-state index contributed by atoms with van der Waals surface area (Å²) in [7, 11) is 5.00. The molecule has 0 radical (unpaired) electrons. The van der Waals surface area contributed by atoms with E-state index in [9.17, 15) is 9.59 Å². The van der Waals surface area contributed by atoms with Crippen molar-refractivity contribution >= 4 is 17.6 Å². The second-order valence-electron chi connectivity index (χ2n) is 6.45. The molecule has 0 aromatic carbocycles. The van der Waals surface area contributed by atoms with E-state index in [0.29, 0.717) is 57.9 Å². The third-order valence-electron chi connectivity index (χ3n) is 4.60. The van der Waals surface area contributed by atoms with Crippen LogP contribution in [-0.2, 0) is 26.1 Å². The van der Waals surface area contributed by atoms with Crippen molar-refractivity contribution in [1.82, 2.24) is 20.0 Å². The quantitative estimate of drug-likeness (QED) is 0.596. The molecule has 1 fully saturated rings. The fourth-order valence-electron chi connectivity index (χ4n) is 3.06. The first kappa shape index (κ1) is 20.2. The van der Waals surface area contributed by atoms with E-state index < -0.39 is 5.54 Å². The number of nitrogens with zero attached hydrogens (tertiary/aromatic N) is 3. The highest BCUT2D eigenvalue weighted by Crippen LogP contribution is 2.27. The van der Waals surface area contributed by atoms with Gasteiger partial charge in [0.2, 0.25) is 11.8 Å². The van der Waals surface area contributed by atoms with Crippen molar-refractivity contribution in [3.8, 4) is 0 Å². The van der Waals surface area contributed by atoms with Gasteiger partial charge >= 0.3 is 0 Å². The molecule has 0 unspecified atom stereocenters. The van der Waals surface area contributed by atoms with E-state index in [0.717, 1.165) is 0 Å². The highest BCUT2D eigenvalue weighted by Gasteiger charge is 2.42. The van der Waals surface area contributed by atoms with Gasteiger partial charge in [-0.3, -0.25) is 14.3 Å². The molecule has 0 atom stereocenters. The Hall–Kier alpha value is -2.13. The van der Waals surface area contributed by atoms with Crippen LogP contribution in [0.3, 0.4) is 0 Å². The Morgan fingerprint density at radius 1 is 1.23 bits per heavy atom. The number of hydrogen-bond donors (Lipinski definition) is 2. The first-order chi connectivity index (χ1) is 12.5. The number of hydrogen-bond acceptors (Lipinski definition) is 6. The summed E-state index contributed by atoms with van der Waals surface area (Å²) in [6.45, 7) is 2.33.